The third kappa shape index (κ3) is 2.78. The summed E-state index contributed by atoms with van der Waals surface area (Å²) in [5.41, 5.74) is 0.810. The van der Waals surface area contributed by atoms with E-state index >= 15 is 0 Å². The number of aliphatic hydroxyl groups excluding tert-OH is 2. The summed E-state index contributed by atoms with van der Waals surface area (Å²) in [5.74, 6) is 6.28. The van der Waals surface area contributed by atoms with E-state index < -0.39 is 23.7 Å². The molecule has 0 spiro atoms. The van der Waals surface area contributed by atoms with E-state index in [0.717, 1.165) is 5.56 Å². The van der Waals surface area contributed by atoms with Gasteiger partial charge in [0.15, 0.2) is 17.0 Å². The van der Waals surface area contributed by atoms with Gasteiger partial charge in [-0.25, -0.2) is 15.0 Å². The van der Waals surface area contributed by atoms with Crippen LogP contribution in [0, 0.1) is 23.2 Å². The van der Waals surface area contributed by atoms with E-state index in [2.05, 4.69) is 42.4 Å². The number of aliphatic hydroxyl groups is 2. The maximum atomic E-state index is 12.4. The molecule has 0 aliphatic heterocycles. The fraction of sp³-hybridized carbons (Fsp3) is 0.381. The van der Waals surface area contributed by atoms with Crippen molar-refractivity contribution in [3.8, 4) is 11.8 Å². The Labute approximate surface area is 177 Å². The number of imidazole rings is 1. The maximum absolute atomic E-state index is 12.4. The van der Waals surface area contributed by atoms with Gasteiger partial charge in [0, 0.05) is 38.0 Å². The number of carbonyl (C=O) groups is 1. The molecule has 2 aliphatic rings. The highest BCUT2D eigenvalue weighted by Crippen LogP contribution is 2.67. The van der Waals surface area contributed by atoms with Crippen LogP contribution in [0.25, 0.3) is 11.2 Å². The molecule has 0 radical (unpaired) electrons. The molecule has 0 saturated heterocycles. The second-order valence-electron chi connectivity index (χ2n) is 7.81. The first-order valence-corrected chi connectivity index (χ1v) is 9.94. The Bertz CT molecular complexity index is 1230. The first-order chi connectivity index (χ1) is 15.0. The summed E-state index contributed by atoms with van der Waals surface area (Å²) < 4.78 is 1.73. The minimum absolute atomic E-state index is 0.214. The van der Waals surface area contributed by atoms with Crippen molar-refractivity contribution in [2.45, 2.75) is 24.7 Å². The molecular formula is C21H21N7O3. The lowest BCUT2D eigenvalue weighted by Crippen LogP contribution is -2.41. The van der Waals surface area contributed by atoms with Crippen LogP contribution in [0.4, 0.5) is 5.82 Å². The van der Waals surface area contributed by atoms with Gasteiger partial charge < -0.3 is 25.4 Å². The summed E-state index contributed by atoms with van der Waals surface area (Å²) >= 11 is 0. The number of carbonyl (C=O) groups excluding carboxylic acids is 1. The Kier molecular flexibility index (Phi) is 4.39. The van der Waals surface area contributed by atoms with Crippen LogP contribution in [0.1, 0.15) is 23.9 Å². The van der Waals surface area contributed by atoms with Crippen molar-refractivity contribution in [3.63, 3.8) is 0 Å². The number of anilines is 1. The van der Waals surface area contributed by atoms with Gasteiger partial charge in [-0.1, -0.05) is 5.92 Å². The summed E-state index contributed by atoms with van der Waals surface area (Å²) in [5, 5.41) is 27.0. The Hall–Kier alpha value is -3.55. The monoisotopic (exact) mass is 419 g/mol. The lowest BCUT2D eigenvalue weighted by Gasteiger charge is -2.23. The zero-order valence-corrected chi connectivity index (χ0v) is 16.9. The fourth-order valence-electron chi connectivity index (χ4n) is 4.71. The topological polar surface area (TPSA) is 138 Å². The zero-order chi connectivity index (χ0) is 21.8. The molecule has 3 heterocycles. The number of hydrogen-bond donors (Lipinski definition) is 4. The number of pyridine rings is 1. The molecular weight excluding hydrogens is 398 g/mol. The van der Waals surface area contributed by atoms with Gasteiger partial charge in [-0.05, 0) is 24.5 Å². The van der Waals surface area contributed by atoms with Crippen LogP contribution >= 0.6 is 0 Å². The van der Waals surface area contributed by atoms with Crippen molar-refractivity contribution in [3.05, 3.63) is 42.2 Å². The number of aromatic nitrogens is 5. The molecule has 3 aromatic rings. The molecule has 4 N–H and O–H groups in total. The van der Waals surface area contributed by atoms with E-state index in [1.807, 2.05) is 0 Å². The van der Waals surface area contributed by atoms with E-state index in [-0.39, 0.29) is 17.6 Å². The highest BCUT2D eigenvalue weighted by Gasteiger charge is 2.75. The van der Waals surface area contributed by atoms with E-state index in [1.165, 1.54) is 7.05 Å². The lowest BCUT2D eigenvalue weighted by atomic mass is 9.98. The molecule has 31 heavy (non-hydrogen) atoms. The molecule has 158 valence electrons. The molecule has 2 aliphatic carbocycles. The van der Waals surface area contributed by atoms with Crippen molar-refractivity contribution in [1.82, 2.24) is 29.8 Å². The van der Waals surface area contributed by atoms with Gasteiger partial charge >= 0.3 is 0 Å². The average molecular weight is 419 g/mol. The normalized spacial score (nSPS) is 28.5. The molecule has 1 amide bonds. The third-order valence-electron chi connectivity index (χ3n) is 6.30. The number of rotatable bonds is 3. The van der Waals surface area contributed by atoms with Crippen molar-refractivity contribution >= 4 is 22.9 Å². The van der Waals surface area contributed by atoms with Crippen LogP contribution in [0.2, 0.25) is 0 Å². The van der Waals surface area contributed by atoms with Gasteiger partial charge in [0.1, 0.15) is 6.10 Å². The molecule has 2 saturated carbocycles. The largest absolute Gasteiger partial charge is 0.389 e. The summed E-state index contributed by atoms with van der Waals surface area (Å²) in [4.78, 5) is 29.8. The van der Waals surface area contributed by atoms with Crippen LogP contribution in [0.5, 0.6) is 0 Å². The Morgan fingerprint density at radius 3 is 2.71 bits per heavy atom. The molecule has 5 rings (SSSR count). The van der Waals surface area contributed by atoms with Crippen LogP contribution in [0.15, 0.2) is 30.9 Å². The van der Waals surface area contributed by atoms with E-state index in [4.69, 9.17) is 0 Å². The Morgan fingerprint density at radius 2 is 2.00 bits per heavy atom. The molecule has 0 aromatic carbocycles. The number of nitrogens with one attached hydrogen (secondary N) is 2. The van der Waals surface area contributed by atoms with Gasteiger partial charge in [-0.2, -0.15) is 0 Å². The molecule has 5 atom stereocenters. The molecule has 3 aromatic heterocycles. The van der Waals surface area contributed by atoms with Gasteiger partial charge in [-0.15, -0.1) is 0 Å². The van der Waals surface area contributed by atoms with Gasteiger partial charge in [0.25, 0.3) is 0 Å². The van der Waals surface area contributed by atoms with Gasteiger partial charge in [0.2, 0.25) is 11.7 Å². The summed E-state index contributed by atoms with van der Waals surface area (Å²) in [6, 6.07) is 3.05. The summed E-state index contributed by atoms with van der Waals surface area (Å²) in [7, 11) is 3.26. The Morgan fingerprint density at radius 1 is 1.23 bits per heavy atom. The van der Waals surface area contributed by atoms with Crippen LogP contribution < -0.4 is 10.6 Å². The Balaban J connectivity index is 1.58. The van der Waals surface area contributed by atoms with E-state index in [0.29, 0.717) is 23.4 Å². The SMILES string of the molecule is CNC(=O)[C@]12CC1[C@@H](n1cnc3c(NC)nc(C#Cc4ccncc4)nc31)[C@H](O)C2O. The van der Waals surface area contributed by atoms with Crippen molar-refractivity contribution in [2.75, 3.05) is 19.4 Å². The third-order valence-corrected chi connectivity index (χ3v) is 6.30. The van der Waals surface area contributed by atoms with Crippen molar-refractivity contribution < 1.29 is 15.0 Å². The van der Waals surface area contributed by atoms with Crippen LogP contribution in [0.3, 0.4) is 0 Å². The smallest absolute Gasteiger partial charge is 0.229 e. The molecule has 10 nitrogen and oxygen atoms in total. The first-order valence-electron chi connectivity index (χ1n) is 9.94. The first kappa shape index (κ1) is 19.4. The number of nitrogens with zero attached hydrogens (tertiary/aromatic N) is 5. The molecule has 0 bridgehead atoms. The van der Waals surface area contributed by atoms with Crippen molar-refractivity contribution in [1.29, 1.82) is 0 Å². The van der Waals surface area contributed by atoms with E-state index in [1.54, 1.807) is 42.5 Å². The van der Waals surface area contributed by atoms with Gasteiger partial charge in [-0.3, -0.25) is 9.78 Å². The number of fused-ring (bicyclic) bond motifs is 2. The quantitative estimate of drug-likeness (QED) is 0.424. The van der Waals surface area contributed by atoms with Crippen LogP contribution in [-0.2, 0) is 4.79 Å². The van der Waals surface area contributed by atoms with Crippen molar-refractivity contribution in [2.24, 2.45) is 11.3 Å². The van der Waals surface area contributed by atoms with E-state index in [9.17, 15) is 15.0 Å². The summed E-state index contributed by atoms with van der Waals surface area (Å²) in [6.07, 6.45) is 3.10. The molecule has 2 fully saturated rings. The molecule has 2 unspecified atom stereocenters. The lowest BCUT2D eigenvalue weighted by molar-refractivity contribution is -0.132. The average Bonchev–Trinajstić information content (AvgIpc) is 3.34. The number of hydrogen-bond acceptors (Lipinski definition) is 8. The minimum atomic E-state index is -1.16. The summed E-state index contributed by atoms with van der Waals surface area (Å²) in [6.45, 7) is 0. The second-order valence-corrected chi connectivity index (χ2v) is 7.81. The van der Waals surface area contributed by atoms with Gasteiger partial charge in [0.05, 0.1) is 23.9 Å². The number of amides is 1. The maximum Gasteiger partial charge on any atom is 0.229 e. The molecule has 10 heteroatoms. The fourth-order valence-corrected chi connectivity index (χ4v) is 4.71. The zero-order valence-electron chi connectivity index (χ0n) is 16.9. The minimum Gasteiger partial charge on any atom is -0.389 e. The van der Waals surface area contributed by atoms with Crippen LogP contribution in [-0.4, -0.2) is 66.9 Å². The predicted molar refractivity (Wildman–Crippen MR) is 111 cm³/mol. The highest BCUT2D eigenvalue weighted by molar-refractivity contribution is 5.88. The standard InChI is InChI=1S/C21H21N7O3/c1-22-18-14-19(27-13(26-18)4-3-11-5-7-24-8-6-11)28(10-25-14)15-12-9-21(12,20(31)23-2)17(30)16(15)29/h5-8,10,12,15-17,29-30H,9H2,1-2H3,(H,23,31)(H,22,26,27)/t12?,15-,16+,17?,21-/m1/s1. The highest BCUT2D eigenvalue weighted by atomic mass is 16.3. The second kappa shape index (κ2) is 7.01. The predicted octanol–water partition coefficient (Wildman–Crippen LogP) is -0.308.